The molecule has 4 atom stereocenters. The molecule has 0 amide bonds. The summed E-state index contributed by atoms with van der Waals surface area (Å²) in [6.07, 6.45) is 10.4. The number of hydrogen-bond donors (Lipinski definition) is 1. The minimum absolute atomic E-state index is 0.786. The Morgan fingerprint density at radius 1 is 1.20 bits per heavy atom. The Labute approximate surface area is 95.0 Å². The van der Waals surface area contributed by atoms with Crippen LogP contribution in [0.3, 0.4) is 0 Å². The zero-order valence-electron chi connectivity index (χ0n) is 10.5. The highest BCUT2D eigenvalue weighted by atomic mass is 14.9. The maximum atomic E-state index is 3.60. The summed E-state index contributed by atoms with van der Waals surface area (Å²) in [6.45, 7) is 5.67. The first-order valence-corrected chi connectivity index (χ1v) is 7.06. The average Bonchev–Trinajstić information content (AvgIpc) is 2.85. The summed E-state index contributed by atoms with van der Waals surface area (Å²) in [6, 6.07) is 0.786. The van der Waals surface area contributed by atoms with Crippen molar-refractivity contribution in [2.24, 2.45) is 17.8 Å². The maximum Gasteiger partial charge on any atom is 0.00644 e. The van der Waals surface area contributed by atoms with E-state index in [4.69, 9.17) is 0 Å². The Bertz CT molecular complexity index is 190. The molecule has 2 fully saturated rings. The standard InChI is InChI=1S/C14H27N/c1-3-14(15-4-2)8-7-13-10-11-5-6-12(13)9-11/h11-15H,3-10H2,1-2H3. The van der Waals surface area contributed by atoms with E-state index in [0.29, 0.717) is 0 Å². The summed E-state index contributed by atoms with van der Waals surface area (Å²) in [5.41, 5.74) is 0. The smallest absolute Gasteiger partial charge is 0.00644 e. The van der Waals surface area contributed by atoms with Gasteiger partial charge in [0.25, 0.3) is 0 Å². The van der Waals surface area contributed by atoms with Gasteiger partial charge in [0.2, 0.25) is 0 Å². The van der Waals surface area contributed by atoms with Crippen LogP contribution in [0.5, 0.6) is 0 Å². The van der Waals surface area contributed by atoms with Gasteiger partial charge in [-0.15, -0.1) is 0 Å². The normalized spacial score (nSPS) is 36.0. The minimum Gasteiger partial charge on any atom is -0.314 e. The summed E-state index contributed by atoms with van der Waals surface area (Å²) in [5.74, 6) is 3.34. The van der Waals surface area contributed by atoms with Gasteiger partial charge in [0, 0.05) is 6.04 Å². The molecule has 2 saturated carbocycles. The highest BCUT2D eigenvalue weighted by Crippen LogP contribution is 2.49. The van der Waals surface area contributed by atoms with E-state index < -0.39 is 0 Å². The quantitative estimate of drug-likeness (QED) is 0.705. The number of hydrogen-bond acceptors (Lipinski definition) is 1. The van der Waals surface area contributed by atoms with Crippen LogP contribution in [0.4, 0.5) is 0 Å². The van der Waals surface area contributed by atoms with Crippen LogP contribution in [0.15, 0.2) is 0 Å². The number of rotatable bonds is 6. The molecule has 1 heteroatoms. The summed E-state index contributed by atoms with van der Waals surface area (Å²) >= 11 is 0. The van der Waals surface area contributed by atoms with Gasteiger partial charge in [0.1, 0.15) is 0 Å². The van der Waals surface area contributed by atoms with Crippen LogP contribution in [0, 0.1) is 17.8 Å². The third-order valence-corrected chi connectivity index (χ3v) is 4.76. The van der Waals surface area contributed by atoms with Crippen LogP contribution < -0.4 is 5.32 Å². The highest BCUT2D eigenvalue weighted by Gasteiger charge is 2.38. The van der Waals surface area contributed by atoms with E-state index in [1.165, 1.54) is 19.3 Å². The van der Waals surface area contributed by atoms with Gasteiger partial charge in [0.15, 0.2) is 0 Å². The Kier molecular flexibility index (Phi) is 4.07. The Morgan fingerprint density at radius 3 is 2.60 bits per heavy atom. The lowest BCUT2D eigenvalue weighted by Gasteiger charge is -2.24. The van der Waals surface area contributed by atoms with Crippen molar-refractivity contribution in [3.05, 3.63) is 0 Å². The molecule has 1 nitrogen and oxygen atoms in total. The van der Waals surface area contributed by atoms with Gasteiger partial charge in [-0.25, -0.2) is 0 Å². The van der Waals surface area contributed by atoms with E-state index in [1.54, 1.807) is 25.7 Å². The molecular weight excluding hydrogens is 182 g/mol. The molecule has 88 valence electrons. The van der Waals surface area contributed by atoms with Crippen molar-refractivity contribution >= 4 is 0 Å². The van der Waals surface area contributed by atoms with Gasteiger partial charge < -0.3 is 5.32 Å². The summed E-state index contributed by atoms with van der Waals surface area (Å²) in [4.78, 5) is 0. The Morgan fingerprint density at radius 2 is 2.07 bits per heavy atom. The molecule has 0 aromatic heterocycles. The van der Waals surface area contributed by atoms with Crippen molar-refractivity contribution in [1.29, 1.82) is 0 Å². The summed E-state index contributed by atoms with van der Waals surface area (Å²) in [7, 11) is 0. The molecule has 0 spiro atoms. The molecule has 0 radical (unpaired) electrons. The molecule has 0 saturated heterocycles. The Hall–Kier alpha value is -0.0400. The fraction of sp³-hybridized carbons (Fsp3) is 1.00. The second-order valence-corrected chi connectivity index (χ2v) is 5.68. The first-order valence-electron chi connectivity index (χ1n) is 7.06. The third kappa shape index (κ3) is 2.75. The number of nitrogens with one attached hydrogen (secondary N) is 1. The molecule has 0 aromatic carbocycles. The van der Waals surface area contributed by atoms with E-state index in [2.05, 4.69) is 19.2 Å². The first-order chi connectivity index (χ1) is 7.33. The van der Waals surface area contributed by atoms with E-state index in [-0.39, 0.29) is 0 Å². The van der Waals surface area contributed by atoms with Crippen molar-refractivity contribution in [2.45, 2.75) is 64.8 Å². The van der Waals surface area contributed by atoms with Crippen molar-refractivity contribution in [2.75, 3.05) is 6.54 Å². The molecule has 4 unspecified atom stereocenters. The number of fused-ring (bicyclic) bond motifs is 2. The van der Waals surface area contributed by atoms with E-state index in [0.717, 1.165) is 30.3 Å². The molecular formula is C14H27N. The molecule has 2 aliphatic rings. The van der Waals surface area contributed by atoms with E-state index in [1.807, 2.05) is 0 Å². The molecule has 2 rings (SSSR count). The average molecular weight is 209 g/mol. The Balaban J connectivity index is 1.69. The summed E-state index contributed by atoms with van der Waals surface area (Å²) < 4.78 is 0. The lowest BCUT2D eigenvalue weighted by molar-refractivity contribution is 0.291. The zero-order chi connectivity index (χ0) is 10.7. The zero-order valence-corrected chi connectivity index (χ0v) is 10.5. The van der Waals surface area contributed by atoms with E-state index >= 15 is 0 Å². The molecule has 15 heavy (non-hydrogen) atoms. The van der Waals surface area contributed by atoms with Crippen molar-refractivity contribution < 1.29 is 0 Å². The molecule has 0 heterocycles. The van der Waals surface area contributed by atoms with Gasteiger partial charge in [-0.1, -0.05) is 20.3 Å². The van der Waals surface area contributed by atoms with Crippen LogP contribution in [0.1, 0.15) is 58.8 Å². The SMILES string of the molecule is CCNC(CC)CCC1CC2CCC1C2. The van der Waals surface area contributed by atoms with Crippen LogP contribution in [-0.4, -0.2) is 12.6 Å². The molecule has 2 aliphatic carbocycles. The topological polar surface area (TPSA) is 12.0 Å². The minimum atomic E-state index is 0.786. The van der Waals surface area contributed by atoms with Gasteiger partial charge in [-0.3, -0.25) is 0 Å². The van der Waals surface area contributed by atoms with Crippen molar-refractivity contribution in [3.8, 4) is 0 Å². The van der Waals surface area contributed by atoms with Crippen molar-refractivity contribution in [3.63, 3.8) is 0 Å². The van der Waals surface area contributed by atoms with Crippen LogP contribution in [0.25, 0.3) is 0 Å². The highest BCUT2D eigenvalue weighted by molar-refractivity contribution is 4.90. The predicted octanol–water partition coefficient (Wildman–Crippen LogP) is 3.59. The monoisotopic (exact) mass is 209 g/mol. The second-order valence-electron chi connectivity index (χ2n) is 5.68. The van der Waals surface area contributed by atoms with Gasteiger partial charge in [-0.2, -0.15) is 0 Å². The summed E-state index contributed by atoms with van der Waals surface area (Å²) in [5, 5.41) is 3.60. The van der Waals surface area contributed by atoms with Crippen molar-refractivity contribution in [1.82, 2.24) is 5.32 Å². The maximum absolute atomic E-state index is 3.60. The van der Waals surface area contributed by atoms with Gasteiger partial charge >= 0.3 is 0 Å². The fourth-order valence-corrected chi connectivity index (χ4v) is 3.88. The molecule has 0 aromatic rings. The molecule has 0 aliphatic heterocycles. The molecule has 1 N–H and O–H groups in total. The first kappa shape index (κ1) is 11.4. The van der Waals surface area contributed by atoms with Gasteiger partial charge in [0.05, 0.1) is 0 Å². The van der Waals surface area contributed by atoms with Gasteiger partial charge in [-0.05, 0) is 62.8 Å². The van der Waals surface area contributed by atoms with Crippen LogP contribution >= 0.6 is 0 Å². The lowest BCUT2D eigenvalue weighted by atomic mass is 9.84. The predicted molar refractivity (Wildman–Crippen MR) is 65.9 cm³/mol. The third-order valence-electron chi connectivity index (χ3n) is 4.76. The molecule has 2 bridgehead atoms. The van der Waals surface area contributed by atoms with Crippen LogP contribution in [-0.2, 0) is 0 Å². The largest absolute Gasteiger partial charge is 0.314 e. The second kappa shape index (κ2) is 5.34. The van der Waals surface area contributed by atoms with Crippen LogP contribution in [0.2, 0.25) is 0 Å². The fourth-order valence-electron chi connectivity index (χ4n) is 3.88. The lowest BCUT2D eigenvalue weighted by Crippen LogP contribution is -2.29. The van der Waals surface area contributed by atoms with E-state index in [9.17, 15) is 0 Å².